The first-order valence-electron chi connectivity index (χ1n) is 3.62. The van der Waals surface area contributed by atoms with E-state index in [4.69, 9.17) is 11.6 Å². The molecule has 0 bridgehead atoms. The topological polar surface area (TPSA) is 33.1 Å². The summed E-state index contributed by atoms with van der Waals surface area (Å²) in [4.78, 5) is 4.06. The zero-order chi connectivity index (χ0) is 9.42. The molecule has 1 aromatic carbocycles. The van der Waals surface area contributed by atoms with Gasteiger partial charge in [-0.25, -0.2) is 0 Å². The van der Waals surface area contributed by atoms with E-state index < -0.39 is 0 Å². The van der Waals surface area contributed by atoms with E-state index in [1.54, 1.807) is 18.3 Å². The van der Waals surface area contributed by atoms with Crippen LogP contribution in [-0.4, -0.2) is 10.1 Å². The molecule has 14 heavy (non-hydrogen) atoms. The van der Waals surface area contributed by atoms with Crippen molar-refractivity contribution in [3.05, 3.63) is 33.0 Å². The number of phenolic OH excluding ortho intramolecular Hbond substituents is 1. The van der Waals surface area contributed by atoms with Crippen LogP contribution < -0.4 is 0 Å². The fourth-order valence-electron chi connectivity index (χ4n) is 1.16. The number of aromatic hydroxyl groups is 1. The van der Waals surface area contributed by atoms with Crippen LogP contribution >= 0.6 is 34.2 Å². The predicted octanol–water partition coefficient (Wildman–Crippen LogP) is 3.20. The molecule has 0 spiro atoms. The van der Waals surface area contributed by atoms with Crippen molar-refractivity contribution in [1.29, 1.82) is 0 Å². The Morgan fingerprint density at radius 2 is 2.14 bits per heavy atom. The first-order valence-corrected chi connectivity index (χ1v) is 5.07. The monoisotopic (exact) mass is 369 g/mol. The van der Waals surface area contributed by atoms with Crippen molar-refractivity contribution in [2.24, 2.45) is 0 Å². The van der Waals surface area contributed by atoms with Crippen LogP contribution in [0.4, 0.5) is 0 Å². The molecule has 0 amide bonds. The molecule has 0 saturated carbocycles. The van der Waals surface area contributed by atoms with E-state index in [-0.39, 0.29) is 25.2 Å². The number of aromatic nitrogens is 1. The molecular formula is C9H5ClINOZn. The van der Waals surface area contributed by atoms with Crippen LogP contribution in [0.3, 0.4) is 0 Å². The molecule has 1 heterocycles. The number of rotatable bonds is 0. The summed E-state index contributed by atoms with van der Waals surface area (Å²) in [7, 11) is 0. The number of nitrogens with zero attached hydrogens (tertiary/aromatic N) is 1. The van der Waals surface area contributed by atoms with Gasteiger partial charge in [-0.15, -0.1) is 0 Å². The van der Waals surface area contributed by atoms with E-state index in [1.165, 1.54) is 0 Å². The van der Waals surface area contributed by atoms with Gasteiger partial charge in [0.25, 0.3) is 0 Å². The molecule has 2 aromatic rings. The molecule has 68 valence electrons. The molecule has 0 unspecified atom stereocenters. The summed E-state index contributed by atoms with van der Waals surface area (Å²) in [5, 5.41) is 11.0. The van der Waals surface area contributed by atoms with E-state index in [1.807, 2.05) is 28.7 Å². The van der Waals surface area contributed by atoms with Crippen molar-refractivity contribution in [2.45, 2.75) is 0 Å². The van der Waals surface area contributed by atoms with E-state index in [2.05, 4.69) is 4.98 Å². The third-order valence-corrected chi connectivity index (χ3v) is 2.90. The second-order valence-corrected chi connectivity index (χ2v) is 4.16. The Morgan fingerprint density at radius 1 is 1.43 bits per heavy atom. The van der Waals surface area contributed by atoms with Gasteiger partial charge in [-0.3, -0.25) is 4.98 Å². The number of hydrogen-bond donors (Lipinski definition) is 1. The molecule has 1 aromatic heterocycles. The van der Waals surface area contributed by atoms with Crippen LogP contribution in [0, 0.1) is 3.57 Å². The molecule has 0 fully saturated rings. The maximum Gasteiger partial charge on any atom is 0.155 e. The molecule has 0 aliphatic rings. The SMILES string of the molecule is Oc1c(I)cc(Cl)c2cccnc12.[Zn]. The molecule has 0 saturated heterocycles. The van der Waals surface area contributed by atoms with Crippen LogP contribution in [0.5, 0.6) is 5.75 Å². The van der Waals surface area contributed by atoms with Gasteiger partial charge in [-0.2, -0.15) is 0 Å². The van der Waals surface area contributed by atoms with Gasteiger partial charge in [0, 0.05) is 31.1 Å². The summed E-state index contributed by atoms with van der Waals surface area (Å²) in [6, 6.07) is 5.35. The molecule has 0 radical (unpaired) electrons. The molecular weight excluding hydrogens is 366 g/mol. The molecule has 2 nitrogen and oxygen atoms in total. The molecule has 0 aliphatic heterocycles. The van der Waals surface area contributed by atoms with Crippen LogP contribution in [0.2, 0.25) is 5.02 Å². The van der Waals surface area contributed by atoms with Crippen molar-refractivity contribution in [3.63, 3.8) is 0 Å². The van der Waals surface area contributed by atoms with Crippen molar-refractivity contribution in [3.8, 4) is 5.75 Å². The maximum absolute atomic E-state index is 9.65. The van der Waals surface area contributed by atoms with Gasteiger partial charge in [0.1, 0.15) is 5.52 Å². The number of fused-ring (bicyclic) bond motifs is 1. The standard InChI is InChI=1S/C9H5ClINO.Zn/c10-6-4-7(11)9(13)8-5(6)2-1-3-12-8;/h1-4,13H;. The fraction of sp³-hybridized carbons (Fsp3) is 0. The first kappa shape index (κ1) is 12.1. The summed E-state index contributed by atoms with van der Waals surface area (Å²) in [5.74, 6) is 0.195. The van der Waals surface area contributed by atoms with Gasteiger partial charge in [-0.1, -0.05) is 11.6 Å². The third kappa shape index (κ3) is 2.02. The van der Waals surface area contributed by atoms with Crippen molar-refractivity contribution >= 4 is 45.1 Å². The van der Waals surface area contributed by atoms with E-state index in [9.17, 15) is 5.11 Å². The Hall–Kier alpha value is 0.0734. The van der Waals surface area contributed by atoms with Gasteiger partial charge in [0.15, 0.2) is 5.75 Å². The smallest absolute Gasteiger partial charge is 0.155 e. The minimum Gasteiger partial charge on any atom is -0.505 e. The summed E-state index contributed by atoms with van der Waals surface area (Å²) >= 11 is 8.00. The molecule has 0 aliphatic carbocycles. The van der Waals surface area contributed by atoms with Crippen LogP contribution in [0.25, 0.3) is 10.9 Å². The van der Waals surface area contributed by atoms with Gasteiger partial charge < -0.3 is 5.11 Å². The Balaban J connectivity index is 0.000000980. The number of halogens is 2. The Bertz CT molecular complexity index is 478. The van der Waals surface area contributed by atoms with E-state index >= 15 is 0 Å². The van der Waals surface area contributed by atoms with Gasteiger partial charge in [0.05, 0.1) is 8.59 Å². The largest absolute Gasteiger partial charge is 0.505 e. The molecule has 0 atom stereocenters. The first-order chi connectivity index (χ1) is 6.20. The van der Waals surface area contributed by atoms with Crippen molar-refractivity contribution in [2.75, 3.05) is 0 Å². The normalized spacial score (nSPS) is 9.86. The van der Waals surface area contributed by atoms with Crippen molar-refractivity contribution < 1.29 is 24.6 Å². The Kier molecular flexibility index (Phi) is 4.10. The van der Waals surface area contributed by atoms with Crippen LogP contribution in [0.1, 0.15) is 0 Å². The summed E-state index contributed by atoms with van der Waals surface area (Å²) in [6.07, 6.45) is 1.63. The molecule has 1 N–H and O–H groups in total. The molecule has 5 heteroatoms. The van der Waals surface area contributed by atoms with E-state index in [0.717, 1.165) is 5.39 Å². The van der Waals surface area contributed by atoms with Gasteiger partial charge in [-0.05, 0) is 40.8 Å². The average molecular weight is 371 g/mol. The summed E-state index contributed by atoms with van der Waals surface area (Å²) < 4.78 is 0.716. The molecule has 2 rings (SSSR count). The summed E-state index contributed by atoms with van der Waals surface area (Å²) in [5.41, 5.74) is 0.555. The minimum atomic E-state index is 0. The third-order valence-electron chi connectivity index (χ3n) is 1.77. The average Bonchev–Trinajstić information content (AvgIpc) is 2.15. The second kappa shape index (κ2) is 4.73. The van der Waals surface area contributed by atoms with E-state index in [0.29, 0.717) is 14.1 Å². The number of phenols is 1. The minimum absolute atomic E-state index is 0. The van der Waals surface area contributed by atoms with Crippen LogP contribution in [-0.2, 0) is 19.5 Å². The number of pyridine rings is 1. The van der Waals surface area contributed by atoms with Gasteiger partial charge >= 0.3 is 0 Å². The maximum atomic E-state index is 9.65. The zero-order valence-corrected chi connectivity index (χ0v) is 13.0. The van der Waals surface area contributed by atoms with Gasteiger partial charge in [0.2, 0.25) is 0 Å². The quantitative estimate of drug-likeness (QED) is 0.570. The zero-order valence-electron chi connectivity index (χ0n) is 7.17. The Morgan fingerprint density at radius 3 is 2.86 bits per heavy atom. The summed E-state index contributed by atoms with van der Waals surface area (Å²) in [6.45, 7) is 0. The predicted molar refractivity (Wildman–Crippen MR) is 61.1 cm³/mol. The fourth-order valence-corrected chi connectivity index (χ4v) is 2.17. The van der Waals surface area contributed by atoms with Crippen molar-refractivity contribution in [1.82, 2.24) is 4.98 Å². The number of benzene rings is 1. The Labute approximate surface area is 113 Å². The number of hydrogen-bond acceptors (Lipinski definition) is 2. The second-order valence-electron chi connectivity index (χ2n) is 2.59. The van der Waals surface area contributed by atoms with Crippen LogP contribution in [0.15, 0.2) is 24.4 Å².